The Balaban J connectivity index is 1.66. The lowest BCUT2D eigenvalue weighted by Crippen LogP contribution is -2.29. The molecule has 1 aromatic heterocycles. The molecule has 4 rings (SSSR count). The summed E-state index contributed by atoms with van der Waals surface area (Å²) in [6.07, 6.45) is 4.64. The number of aromatic hydroxyl groups is 2. The summed E-state index contributed by atoms with van der Waals surface area (Å²) in [5, 5.41) is 19.7. The van der Waals surface area contributed by atoms with E-state index in [0.29, 0.717) is 6.54 Å². The van der Waals surface area contributed by atoms with Gasteiger partial charge in [0.15, 0.2) is 11.8 Å². The SMILES string of the molecule is C=C(c1ccc(Cn2c(O)ccc2O)cc1)c1cc2c(cc1C)C(C)(C)C=CC2(C)C. The maximum atomic E-state index is 9.87. The van der Waals surface area contributed by atoms with Crippen LogP contribution in [0.15, 0.2) is 67.3 Å². The van der Waals surface area contributed by atoms with Gasteiger partial charge in [-0.05, 0) is 51.9 Å². The molecule has 0 atom stereocenters. The maximum absolute atomic E-state index is 9.87. The van der Waals surface area contributed by atoms with Crippen LogP contribution in [0, 0.1) is 6.92 Å². The number of aromatic nitrogens is 1. The summed E-state index contributed by atoms with van der Waals surface area (Å²) < 4.78 is 1.47. The third kappa shape index (κ3) is 3.69. The molecule has 1 aliphatic carbocycles. The van der Waals surface area contributed by atoms with E-state index in [9.17, 15) is 10.2 Å². The molecule has 0 saturated heterocycles. The van der Waals surface area contributed by atoms with E-state index in [-0.39, 0.29) is 22.6 Å². The van der Waals surface area contributed by atoms with E-state index in [1.165, 1.54) is 39.0 Å². The van der Waals surface area contributed by atoms with E-state index in [0.717, 1.165) is 16.7 Å². The Morgan fingerprint density at radius 3 is 1.90 bits per heavy atom. The predicted octanol–water partition coefficient (Wildman–Crippen LogP) is 6.44. The normalized spacial score (nSPS) is 16.2. The summed E-state index contributed by atoms with van der Waals surface area (Å²) in [5.74, 6) is 0.102. The van der Waals surface area contributed by atoms with Crippen molar-refractivity contribution in [2.45, 2.75) is 52.0 Å². The van der Waals surface area contributed by atoms with Gasteiger partial charge in [0.25, 0.3) is 0 Å². The van der Waals surface area contributed by atoms with Crippen molar-refractivity contribution in [1.29, 1.82) is 0 Å². The molecule has 3 aromatic rings. The topological polar surface area (TPSA) is 45.4 Å². The standard InChI is InChI=1S/C28H31NO2/c1-18-15-23-24(28(5,6)14-13-27(23,3)4)16-22(18)19(2)21-9-7-20(8-10-21)17-29-25(30)11-12-26(29)31/h7-16,30-31H,2,17H2,1,3-6H3. The minimum absolute atomic E-state index is 0.0157. The molecule has 0 aliphatic heterocycles. The molecule has 31 heavy (non-hydrogen) atoms. The monoisotopic (exact) mass is 413 g/mol. The Morgan fingerprint density at radius 1 is 0.839 bits per heavy atom. The van der Waals surface area contributed by atoms with E-state index >= 15 is 0 Å². The van der Waals surface area contributed by atoms with E-state index in [4.69, 9.17) is 0 Å². The molecule has 0 saturated carbocycles. The molecular formula is C28H31NO2. The van der Waals surface area contributed by atoms with Crippen LogP contribution in [-0.4, -0.2) is 14.8 Å². The van der Waals surface area contributed by atoms with Gasteiger partial charge >= 0.3 is 0 Å². The third-order valence-corrected chi connectivity index (χ3v) is 6.57. The second-order valence-corrected chi connectivity index (χ2v) is 9.80. The highest BCUT2D eigenvalue weighted by Gasteiger charge is 2.33. The molecule has 160 valence electrons. The van der Waals surface area contributed by atoms with Gasteiger partial charge in [-0.1, -0.05) is 76.8 Å². The number of rotatable bonds is 4. The Kier molecular flexibility index (Phi) is 4.88. The zero-order chi connectivity index (χ0) is 22.6. The molecule has 2 N–H and O–H groups in total. The lowest BCUT2D eigenvalue weighted by molar-refractivity contribution is 0.377. The highest BCUT2D eigenvalue weighted by atomic mass is 16.3. The molecule has 1 aliphatic rings. The van der Waals surface area contributed by atoms with E-state index < -0.39 is 0 Å². The van der Waals surface area contributed by atoms with Crippen LogP contribution in [0.3, 0.4) is 0 Å². The first-order valence-electron chi connectivity index (χ1n) is 10.7. The number of hydrogen-bond acceptors (Lipinski definition) is 2. The number of benzene rings is 2. The number of fused-ring (bicyclic) bond motifs is 1. The van der Waals surface area contributed by atoms with Crippen molar-refractivity contribution < 1.29 is 10.2 Å². The van der Waals surface area contributed by atoms with Gasteiger partial charge in [-0.15, -0.1) is 0 Å². The molecule has 2 aromatic carbocycles. The van der Waals surface area contributed by atoms with Gasteiger partial charge < -0.3 is 10.2 Å². The van der Waals surface area contributed by atoms with Gasteiger partial charge in [0.2, 0.25) is 0 Å². The highest BCUT2D eigenvalue weighted by Crippen LogP contribution is 2.43. The van der Waals surface area contributed by atoms with Crippen LogP contribution in [-0.2, 0) is 17.4 Å². The Bertz CT molecular complexity index is 1170. The van der Waals surface area contributed by atoms with Crippen LogP contribution in [0.5, 0.6) is 11.8 Å². The maximum Gasteiger partial charge on any atom is 0.194 e. The van der Waals surface area contributed by atoms with Crippen molar-refractivity contribution in [3.63, 3.8) is 0 Å². The number of hydrogen-bond donors (Lipinski definition) is 2. The quantitative estimate of drug-likeness (QED) is 0.483. The second kappa shape index (κ2) is 7.19. The van der Waals surface area contributed by atoms with Crippen molar-refractivity contribution in [2.75, 3.05) is 0 Å². The van der Waals surface area contributed by atoms with Gasteiger partial charge in [-0.25, -0.2) is 0 Å². The van der Waals surface area contributed by atoms with Crippen LogP contribution >= 0.6 is 0 Å². The molecule has 0 spiro atoms. The number of nitrogens with zero attached hydrogens (tertiary/aromatic N) is 1. The second-order valence-electron chi connectivity index (χ2n) is 9.80. The number of aryl methyl sites for hydroxylation is 1. The van der Waals surface area contributed by atoms with Crippen LogP contribution in [0.1, 0.15) is 61.1 Å². The fraction of sp³-hybridized carbons (Fsp3) is 0.286. The fourth-order valence-corrected chi connectivity index (χ4v) is 4.45. The minimum Gasteiger partial charge on any atom is -0.494 e. The molecule has 0 fully saturated rings. The zero-order valence-corrected chi connectivity index (χ0v) is 19.0. The summed E-state index contributed by atoms with van der Waals surface area (Å²) in [5.41, 5.74) is 8.21. The smallest absolute Gasteiger partial charge is 0.194 e. The first-order valence-corrected chi connectivity index (χ1v) is 10.7. The lowest BCUT2D eigenvalue weighted by atomic mass is 9.67. The molecule has 0 radical (unpaired) electrons. The summed E-state index contributed by atoms with van der Waals surface area (Å²) >= 11 is 0. The summed E-state index contributed by atoms with van der Waals surface area (Å²) in [6, 6.07) is 15.8. The Morgan fingerprint density at radius 2 is 1.35 bits per heavy atom. The van der Waals surface area contributed by atoms with Crippen LogP contribution in [0.25, 0.3) is 5.57 Å². The number of allylic oxidation sites excluding steroid dienone is 2. The Labute approximate surface area is 185 Å². The van der Waals surface area contributed by atoms with Crippen molar-refractivity contribution >= 4 is 5.57 Å². The summed E-state index contributed by atoms with van der Waals surface area (Å²) in [4.78, 5) is 0. The summed E-state index contributed by atoms with van der Waals surface area (Å²) in [7, 11) is 0. The van der Waals surface area contributed by atoms with Crippen LogP contribution in [0.4, 0.5) is 0 Å². The molecule has 0 bridgehead atoms. The van der Waals surface area contributed by atoms with Gasteiger partial charge in [-0.2, -0.15) is 0 Å². The molecule has 0 unspecified atom stereocenters. The van der Waals surface area contributed by atoms with Gasteiger partial charge in [0, 0.05) is 23.0 Å². The van der Waals surface area contributed by atoms with E-state index in [1.54, 1.807) is 0 Å². The lowest BCUT2D eigenvalue weighted by Gasteiger charge is -2.37. The molecule has 3 heteroatoms. The van der Waals surface area contributed by atoms with Crippen molar-refractivity contribution in [3.8, 4) is 11.8 Å². The van der Waals surface area contributed by atoms with Crippen molar-refractivity contribution in [1.82, 2.24) is 4.57 Å². The summed E-state index contributed by atoms with van der Waals surface area (Å²) in [6.45, 7) is 16.1. The van der Waals surface area contributed by atoms with E-state index in [1.807, 2.05) is 12.1 Å². The van der Waals surface area contributed by atoms with Crippen molar-refractivity contribution in [2.24, 2.45) is 0 Å². The first kappa shape index (κ1) is 21.0. The van der Waals surface area contributed by atoms with Gasteiger partial charge in [-0.3, -0.25) is 4.57 Å². The van der Waals surface area contributed by atoms with Gasteiger partial charge in [0.05, 0.1) is 6.54 Å². The zero-order valence-electron chi connectivity index (χ0n) is 19.0. The first-order chi connectivity index (χ1) is 14.5. The molecule has 3 nitrogen and oxygen atoms in total. The molecular weight excluding hydrogens is 382 g/mol. The average Bonchev–Trinajstić information content (AvgIpc) is 3.03. The largest absolute Gasteiger partial charge is 0.494 e. The van der Waals surface area contributed by atoms with E-state index in [2.05, 4.69) is 77.6 Å². The predicted molar refractivity (Wildman–Crippen MR) is 128 cm³/mol. The fourth-order valence-electron chi connectivity index (χ4n) is 4.45. The third-order valence-electron chi connectivity index (χ3n) is 6.57. The minimum atomic E-state index is -0.0157. The van der Waals surface area contributed by atoms with Gasteiger partial charge in [0.1, 0.15) is 0 Å². The van der Waals surface area contributed by atoms with Crippen LogP contribution < -0.4 is 0 Å². The average molecular weight is 414 g/mol. The molecule has 1 heterocycles. The molecule has 0 amide bonds. The highest BCUT2D eigenvalue weighted by molar-refractivity contribution is 5.81. The van der Waals surface area contributed by atoms with Crippen molar-refractivity contribution in [3.05, 3.63) is 101 Å². The van der Waals surface area contributed by atoms with Crippen LogP contribution in [0.2, 0.25) is 0 Å². The Hall–Kier alpha value is -3.20.